The molecular weight excluding hydrogens is 308 g/mol. The standard InChI is InChI=1S/C18H12N2O4/c21-19-11-16-15-7-3-1-5-13(15)9-10-18(16)24-12-14-6-2-4-8-17(14)20(22)23/h1-10H,12H2. The summed E-state index contributed by atoms with van der Waals surface area (Å²) in [4.78, 5) is 10.6. The largest absolute Gasteiger partial charge is 0.498 e. The number of para-hydroxylation sites is 1. The third-order valence-electron chi connectivity index (χ3n) is 3.62. The van der Waals surface area contributed by atoms with Crippen molar-refractivity contribution in [1.29, 1.82) is 0 Å². The minimum Gasteiger partial charge on any atom is -0.498 e. The smallest absolute Gasteiger partial charge is 0.341 e. The maximum atomic E-state index is 11.1. The van der Waals surface area contributed by atoms with E-state index in [4.69, 9.17) is 4.74 Å². The van der Waals surface area contributed by atoms with Gasteiger partial charge >= 0.3 is 6.07 Å². The van der Waals surface area contributed by atoms with E-state index in [1.165, 1.54) is 6.07 Å². The fourth-order valence-corrected chi connectivity index (χ4v) is 2.50. The molecule has 118 valence electrons. The van der Waals surface area contributed by atoms with Gasteiger partial charge in [0.15, 0.2) is 5.56 Å². The van der Waals surface area contributed by atoms with Crippen LogP contribution in [0.15, 0.2) is 60.7 Å². The van der Waals surface area contributed by atoms with E-state index in [-0.39, 0.29) is 12.3 Å². The molecule has 0 aromatic heterocycles. The van der Waals surface area contributed by atoms with Gasteiger partial charge in [0.25, 0.3) is 5.69 Å². The first-order valence-corrected chi connectivity index (χ1v) is 7.16. The zero-order valence-electron chi connectivity index (χ0n) is 12.5. The third-order valence-corrected chi connectivity index (χ3v) is 3.62. The van der Waals surface area contributed by atoms with Gasteiger partial charge in [0.2, 0.25) is 0 Å². The van der Waals surface area contributed by atoms with Gasteiger partial charge in [-0.1, -0.05) is 42.5 Å². The highest BCUT2D eigenvalue weighted by Gasteiger charge is 2.15. The summed E-state index contributed by atoms with van der Waals surface area (Å²) in [6.45, 7) is 0.00301. The lowest BCUT2D eigenvalue weighted by molar-refractivity contribution is -0.385. The third kappa shape index (κ3) is 2.96. The fraction of sp³-hybridized carbons (Fsp3) is 0.0556. The van der Waals surface area contributed by atoms with Gasteiger partial charge in [-0.05, 0) is 17.5 Å². The molecule has 0 N–H and O–H groups in total. The quantitative estimate of drug-likeness (QED) is 0.523. The molecular formula is C18H12N2O4. The Morgan fingerprint density at radius 1 is 1.04 bits per heavy atom. The maximum absolute atomic E-state index is 11.1. The molecule has 24 heavy (non-hydrogen) atoms. The first-order chi connectivity index (χ1) is 11.7. The van der Waals surface area contributed by atoms with Crippen LogP contribution in [0.1, 0.15) is 11.1 Å². The van der Waals surface area contributed by atoms with Crippen molar-refractivity contribution in [2.45, 2.75) is 6.61 Å². The van der Waals surface area contributed by atoms with Crippen LogP contribution in [-0.4, -0.2) is 4.92 Å². The van der Waals surface area contributed by atoms with Crippen LogP contribution in [0, 0.1) is 21.4 Å². The Kier molecular flexibility index (Phi) is 4.25. The van der Waals surface area contributed by atoms with E-state index in [0.29, 0.717) is 16.9 Å². The molecule has 0 unspecified atom stereocenters. The molecule has 0 atom stereocenters. The van der Waals surface area contributed by atoms with Crippen LogP contribution in [0.2, 0.25) is 0 Å². The second-order valence-electron chi connectivity index (χ2n) is 5.04. The number of nitro groups is 1. The fourth-order valence-electron chi connectivity index (χ4n) is 2.50. The summed E-state index contributed by atoms with van der Waals surface area (Å²) >= 11 is 0. The van der Waals surface area contributed by atoms with Gasteiger partial charge in [-0.15, -0.1) is 0 Å². The van der Waals surface area contributed by atoms with Gasteiger partial charge in [0.1, 0.15) is 12.4 Å². The maximum Gasteiger partial charge on any atom is 0.341 e. The van der Waals surface area contributed by atoms with E-state index in [9.17, 15) is 15.3 Å². The molecule has 6 nitrogen and oxygen atoms in total. The second kappa shape index (κ2) is 6.67. The van der Waals surface area contributed by atoms with E-state index in [2.05, 4.69) is 11.1 Å². The van der Waals surface area contributed by atoms with Gasteiger partial charge in [0, 0.05) is 16.5 Å². The highest BCUT2D eigenvalue weighted by Crippen LogP contribution is 2.29. The van der Waals surface area contributed by atoms with Crippen molar-refractivity contribution in [3.05, 3.63) is 92.1 Å². The zero-order chi connectivity index (χ0) is 16.9. The molecule has 0 aliphatic heterocycles. The van der Waals surface area contributed by atoms with Gasteiger partial charge in [-0.25, -0.2) is 0 Å². The molecule has 0 aliphatic carbocycles. The van der Waals surface area contributed by atoms with E-state index >= 15 is 0 Å². The number of rotatable bonds is 4. The molecule has 3 rings (SSSR count). The van der Waals surface area contributed by atoms with Crippen molar-refractivity contribution in [2.75, 3.05) is 0 Å². The molecule has 0 spiro atoms. The molecule has 6 heteroatoms. The van der Waals surface area contributed by atoms with Gasteiger partial charge in [0.05, 0.1) is 10.5 Å². The summed E-state index contributed by atoms with van der Waals surface area (Å²) in [5.41, 5.74) is 0.865. The average Bonchev–Trinajstić information content (AvgIpc) is 2.61. The molecule has 0 fully saturated rings. The number of ether oxygens (including phenoxy) is 1. The van der Waals surface area contributed by atoms with Crippen LogP contribution >= 0.6 is 0 Å². The molecule has 0 saturated carbocycles. The number of nitro benzene ring substituents is 1. The number of hydrogen-bond donors (Lipinski definition) is 0. The zero-order valence-corrected chi connectivity index (χ0v) is 12.5. The van der Waals surface area contributed by atoms with Crippen LogP contribution in [0.25, 0.3) is 15.8 Å². The predicted molar refractivity (Wildman–Crippen MR) is 91.1 cm³/mol. The molecule has 0 bridgehead atoms. The van der Waals surface area contributed by atoms with Crippen molar-refractivity contribution in [3.63, 3.8) is 0 Å². The molecule has 0 radical (unpaired) electrons. The summed E-state index contributed by atoms with van der Waals surface area (Å²) < 4.78 is 5.71. The molecule has 0 aliphatic rings. The average molecular weight is 320 g/mol. The van der Waals surface area contributed by atoms with Crippen molar-refractivity contribution >= 4 is 16.5 Å². The van der Waals surface area contributed by atoms with Crippen LogP contribution in [0.3, 0.4) is 0 Å². The lowest BCUT2D eigenvalue weighted by Gasteiger charge is -2.09. The van der Waals surface area contributed by atoms with Gasteiger partial charge in [-0.3, -0.25) is 10.1 Å². The Hall–Kier alpha value is -3.59. The first kappa shape index (κ1) is 15.3. The SMILES string of the molecule is O=[N+]([O-])c1ccccc1COc1ccc2ccccc2c1C#[N+][O-]. The highest BCUT2D eigenvalue weighted by molar-refractivity contribution is 5.90. The second-order valence-corrected chi connectivity index (χ2v) is 5.04. The van der Waals surface area contributed by atoms with E-state index in [1.807, 2.05) is 30.3 Å². The minimum atomic E-state index is -0.453. The Balaban J connectivity index is 1.97. The number of fused-ring (bicyclic) bond motifs is 1. The Labute approximate surface area is 137 Å². The Bertz CT molecular complexity index is 973. The molecule has 0 heterocycles. The topological polar surface area (TPSA) is 79.8 Å². The Morgan fingerprint density at radius 3 is 2.58 bits per heavy atom. The van der Waals surface area contributed by atoms with Crippen molar-refractivity contribution in [3.8, 4) is 11.8 Å². The minimum absolute atomic E-state index is 0.00301. The summed E-state index contributed by atoms with van der Waals surface area (Å²) in [6, 6.07) is 19.8. The van der Waals surface area contributed by atoms with Gasteiger partial charge in [-0.2, -0.15) is 0 Å². The van der Waals surface area contributed by atoms with Crippen molar-refractivity contribution < 1.29 is 9.66 Å². The summed E-state index contributed by atoms with van der Waals surface area (Å²) in [5.74, 6) is 0.395. The first-order valence-electron chi connectivity index (χ1n) is 7.16. The molecule has 3 aromatic rings. The lowest BCUT2D eigenvalue weighted by atomic mass is 10.0. The van der Waals surface area contributed by atoms with Crippen molar-refractivity contribution in [1.82, 2.24) is 0 Å². The van der Waals surface area contributed by atoms with E-state index < -0.39 is 4.92 Å². The normalized spacial score (nSPS) is 10.0. The van der Waals surface area contributed by atoms with Crippen molar-refractivity contribution in [2.24, 2.45) is 0 Å². The molecule has 0 saturated heterocycles. The van der Waals surface area contributed by atoms with Crippen LogP contribution in [0.4, 0.5) is 5.69 Å². The van der Waals surface area contributed by atoms with Crippen LogP contribution in [0.5, 0.6) is 5.75 Å². The highest BCUT2D eigenvalue weighted by atomic mass is 16.6. The Morgan fingerprint density at radius 2 is 1.79 bits per heavy atom. The number of benzene rings is 3. The molecule has 3 aromatic carbocycles. The summed E-state index contributed by atoms with van der Waals surface area (Å²) in [6.07, 6.45) is 0. The number of nitrogens with zero attached hydrogens (tertiary/aromatic N) is 2. The van der Waals surface area contributed by atoms with Crippen LogP contribution < -0.4 is 4.74 Å². The van der Waals surface area contributed by atoms with E-state index in [0.717, 1.165) is 10.8 Å². The summed E-state index contributed by atoms with van der Waals surface area (Å²) in [7, 11) is 0. The van der Waals surface area contributed by atoms with E-state index in [1.54, 1.807) is 24.3 Å². The lowest BCUT2D eigenvalue weighted by Crippen LogP contribution is -2.01. The predicted octanol–water partition coefficient (Wildman–Crippen LogP) is 4.51. The number of hydrogen-bond acceptors (Lipinski definition) is 4. The summed E-state index contributed by atoms with van der Waals surface area (Å²) in [5, 5.41) is 26.2. The molecule has 0 amide bonds. The monoisotopic (exact) mass is 320 g/mol. The van der Waals surface area contributed by atoms with Gasteiger partial charge < -0.3 is 9.94 Å². The van der Waals surface area contributed by atoms with Crippen LogP contribution in [-0.2, 0) is 6.61 Å².